The minimum Gasteiger partial charge on any atom is -0.444 e. The highest BCUT2D eigenvalue weighted by atomic mass is 16.4. The van der Waals surface area contributed by atoms with Gasteiger partial charge < -0.3 is 15.1 Å². The van der Waals surface area contributed by atoms with Crippen LogP contribution in [0.3, 0.4) is 0 Å². The minimum atomic E-state index is -0.126. The van der Waals surface area contributed by atoms with Gasteiger partial charge in [0, 0.05) is 19.8 Å². The zero-order valence-corrected chi connectivity index (χ0v) is 15.8. The number of carbonyl (C=O) groups is 1. The van der Waals surface area contributed by atoms with Crippen LogP contribution >= 0.6 is 0 Å². The Morgan fingerprint density at radius 2 is 2.08 bits per heavy atom. The zero-order valence-electron chi connectivity index (χ0n) is 15.8. The lowest BCUT2D eigenvalue weighted by Gasteiger charge is -2.31. The molecule has 0 aromatic carbocycles. The molecule has 3 rings (SSSR count). The van der Waals surface area contributed by atoms with Crippen molar-refractivity contribution in [3.8, 4) is 0 Å². The summed E-state index contributed by atoms with van der Waals surface area (Å²) in [6.07, 6.45) is 3.87. The van der Waals surface area contributed by atoms with E-state index in [-0.39, 0.29) is 6.03 Å². The summed E-state index contributed by atoms with van der Waals surface area (Å²) < 4.78 is 7.42. The molecule has 0 saturated carbocycles. The van der Waals surface area contributed by atoms with E-state index in [1.165, 1.54) is 0 Å². The number of hydrogen-bond acceptors (Lipinski definition) is 5. The molecule has 26 heavy (non-hydrogen) atoms. The minimum absolute atomic E-state index is 0.126. The van der Waals surface area contributed by atoms with E-state index >= 15 is 0 Å². The second-order valence-corrected chi connectivity index (χ2v) is 6.98. The molecule has 142 valence electrons. The fourth-order valence-electron chi connectivity index (χ4n) is 3.19. The van der Waals surface area contributed by atoms with Gasteiger partial charge in [-0.2, -0.15) is 5.10 Å². The number of amides is 2. The first-order chi connectivity index (χ1) is 12.5. The van der Waals surface area contributed by atoms with Crippen LogP contribution in [0, 0.1) is 19.8 Å². The lowest BCUT2D eigenvalue weighted by atomic mass is 9.97. The Bertz CT molecular complexity index is 710. The molecule has 1 saturated heterocycles. The first kappa shape index (κ1) is 18.4. The maximum Gasteiger partial charge on any atom is 0.315 e. The van der Waals surface area contributed by atoms with Crippen LogP contribution in [-0.4, -0.2) is 45.3 Å². The Hall–Kier alpha value is -2.35. The number of carbonyl (C=O) groups excluding carboxylic acids is 1. The van der Waals surface area contributed by atoms with Gasteiger partial charge in [0.15, 0.2) is 0 Å². The SMILES string of the molecule is Cc1nc(CN2CCC(CNC(=O)NCc3ccnn3C)CC2)oc1C. The molecule has 3 heterocycles. The summed E-state index contributed by atoms with van der Waals surface area (Å²) in [5.74, 6) is 2.21. The third-order valence-corrected chi connectivity index (χ3v) is 5.04. The second kappa shape index (κ2) is 8.35. The smallest absolute Gasteiger partial charge is 0.315 e. The van der Waals surface area contributed by atoms with Gasteiger partial charge in [0.05, 0.1) is 24.5 Å². The van der Waals surface area contributed by atoms with E-state index < -0.39 is 0 Å². The van der Waals surface area contributed by atoms with Crippen molar-refractivity contribution >= 4 is 6.03 Å². The molecule has 0 radical (unpaired) electrons. The fourth-order valence-corrected chi connectivity index (χ4v) is 3.19. The topological polar surface area (TPSA) is 88.2 Å². The molecule has 2 N–H and O–H groups in total. The maximum absolute atomic E-state index is 11.9. The molecule has 8 heteroatoms. The van der Waals surface area contributed by atoms with Gasteiger partial charge in [0.2, 0.25) is 5.89 Å². The fraction of sp³-hybridized carbons (Fsp3) is 0.611. The van der Waals surface area contributed by atoms with Gasteiger partial charge in [-0.3, -0.25) is 9.58 Å². The van der Waals surface area contributed by atoms with Crippen LogP contribution in [0.15, 0.2) is 16.7 Å². The van der Waals surface area contributed by atoms with E-state index in [1.54, 1.807) is 10.9 Å². The molecule has 1 aliphatic heterocycles. The Kier molecular flexibility index (Phi) is 5.92. The maximum atomic E-state index is 11.9. The number of likely N-dealkylation sites (tertiary alicyclic amines) is 1. The van der Waals surface area contributed by atoms with Crippen molar-refractivity contribution in [1.82, 2.24) is 30.3 Å². The molecular formula is C18H28N6O2. The molecule has 0 spiro atoms. The van der Waals surface area contributed by atoms with Crippen molar-refractivity contribution in [2.45, 2.75) is 39.8 Å². The Balaban J connectivity index is 1.33. The monoisotopic (exact) mass is 360 g/mol. The van der Waals surface area contributed by atoms with Gasteiger partial charge in [-0.25, -0.2) is 9.78 Å². The standard InChI is InChI=1S/C18H28N6O2/c1-13-14(2)26-17(22-13)12-24-8-5-15(6-9-24)10-19-18(25)20-11-16-4-7-21-23(16)3/h4,7,15H,5-6,8-12H2,1-3H3,(H2,19,20,25). The normalized spacial score (nSPS) is 16.0. The van der Waals surface area contributed by atoms with Crippen molar-refractivity contribution in [2.75, 3.05) is 19.6 Å². The highest BCUT2D eigenvalue weighted by Crippen LogP contribution is 2.19. The number of nitrogens with one attached hydrogen (secondary N) is 2. The molecular weight excluding hydrogens is 332 g/mol. The first-order valence-corrected chi connectivity index (χ1v) is 9.15. The predicted octanol–water partition coefficient (Wildman–Crippen LogP) is 1.74. The summed E-state index contributed by atoms with van der Waals surface area (Å²) in [4.78, 5) is 18.8. The number of nitrogens with zero attached hydrogens (tertiary/aromatic N) is 4. The van der Waals surface area contributed by atoms with Crippen molar-refractivity contribution in [2.24, 2.45) is 13.0 Å². The molecule has 2 aromatic rings. The Morgan fingerprint density at radius 3 is 2.69 bits per heavy atom. The highest BCUT2D eigenvalue weighted by Gasteiger charge is 2.21. The van der Waals surface area contributed by atoms with Crippen molar-refractivity contribution in [1.29, 1.82) is 0 Å². The van der Waals surface area contributed by atoms with Gasteiger partial charge in [-0.15, -0.1) is 0 Å². The quantitative estimate of drug-likeness (QED) is 0.819. The van der Waals surface area contributed by atoms with Crippen LogP contribution in [0.25, 0.3) is 0 Å². The number of aryl methyl sites for hydroxylation is 3. The molecule has 0 unspecified atom stereocenters. The average molecular weight is 360 g/mol. The highest BCUT2D eigenvalue weighted by molar-refractivity contribution is 5.73. The second-order valence-electron chi connectivity index (χ2n) is 6.98. The zero-order chi connectivity index (χ0) is 18.5. The lowest BCUT2D eigenvalue weighted by molar-refractivity contribution is 0.162. The predicted molar refractivity (Wildman–Crippen MR) is 97.4 cm³/mol. The number of urea groups is 1. The molecule has 2 aromatic heterocycles. The first-order valence-electron chi connectivity index (χ1n) is 9.15. The van der Waals surface area contributed by atoms with Crippen LogP contribution < -0.4 is 10.6 Å². The molecule has 0 bridgehead atoms. The van der Waals surface area contributed by atoms with Gasteiger partial charge in [-0.1, -0.05) is 0 Å². The largest absolute Gasteiger partial charge is 0.444 e. The van der Waals surface area contributed by atoms with Crippen LogP contribution in [0.2, 0.25) is 0 Å². The van der Waals surface area contributed by atoms with Crippen LogP contribution in [0.5, 0.6) is 0 Å². The number of aromatic nitrogens is 3. The van der Waals surface area contributed by atoms with Crippen LogP contribution in [0.4, 0.5) is 4.79 Å². The number of rotatable bonds is 6. The summed E-state index contributed by atoms with van der Waals surface area (Å²) >= 11 is 0. The Labute approximate surface area is 154 Å². The van der Waals surface area contributed by atoms with Crippen molar-refractivity contribution in [3.63, 3.8) is 0 Å². The number of piperidine rings is 1. The third-order valence-electron chi connectivity index (χ3n) is 5.04. The van der Waals surface area contributed by atoms with Crippen LogP contribution in [-0.2, 0) is 20.1 Å². The molecule has 8 nitrogen and oxygen atoms in total. The van der Waals surface area contributed by atoms with Gasteiger partial charge in [0.25, 0.3) is 0 Å². The van der Waals surface area contributed by atoms with E-state index in [2.05, 4.69) is 25.6 Å². The van der Waals surface area contributed by atoms with Crippen LogP contribution in [0.1, 0.15) is 35.9 Å². The van der Waals surface area contributed by atoms with Crippen molar-refractivity contribution in [3.05, 3.63) is 35.3 Å². The molecule has 2 amide bonds. The number of hydrogen-bond donors (Lipinski definition) is 2. The summed E-state index contributed by atoms with van der Waals surface area (Å²) in [5, 5.41) is 9.94. The van der Waals surface area contributed by atoms with E-state index in [4.69, 9.17) is 4.42 Å². The summed E-state index contributed by atoms with van der Waals surface area (Å²) in [6.45, 7) is 7.88. The van der Waals surface area contributed by atoms with E-state index in [0.717, 1.165) is 55.5 Å². The molecule has 1 fully saturated rings. The molecule has 0 aliphatic carbocycles. The lowest BCUT2D eigenvalue weighted by Crippen LogP contribution is -2.41. The van der Waals surface area contributed by atoms with E-state index in [0.29, 0.717) is 19.0 Å². The average Bonchev–Trinajstić information content (AvgIpc) is 3.17. The Morgan fingerprint density at radius 1 is 1.31 bits per heavy atom. The van der Waals surface area contributed by atoms with Gasteiger partial charge in [-0.05, 0) is 51.8 Å². The summed E-state index contributed by atoms with van der Waals surface area (Å²) in [6, 6.07) is 1.77. The molecule has 1 aliphatic rings. The molecule has 0 atom stereocenters. The van der Waals surface area contributed by atoms with E-state index in [9.17, 15) is 4.79 Å². The number of oxazole rings is 1. The summed E-state index contributed by atoms with van der Waals surface area (Å²) in [7, 11) is 1.86. The van der Waals surface area contributed by atoms with Crippen molar-refractivity contribution < 1.29 is 9.21 Å². The van der Waals surface area contributed by atoms with Gasteiger partial charge >= 0.3 is 6.03 Å². The van der Waals surface area contributed by atoms with Gasteiger partial charge in [0.1, 0.15) is 5.76 Å². The third kappa shape index (κ3) is 4.85. The summed E-state index contributed by atoms with van der Waals surface area (Å²) in [5.41, 5.74) is 1.95. The van der Waals surface area contributed by atoms with E-state index in [1.807, 2.05) is 27.0 Å².